The molecular formula is C34H32N2O6. The smallest absolute Gasteiger partial charge is 0.307 e. The van der Waals surface area contributed by atoms with Crippen molar-refractivity contribution in [2.75, 3.05) is 9.80 Å². The number of anilines is 2. The van der Waals surface area contributed by atoms with Gasteiger partial charge in [0.1, 0.15) is 23.7 Å². The fourth-order valence-corrected chi connectivity index (χ4v) is 9.59. The van der Waals surface area contributed by atoms with Gasteiger partial charge in [0, 0.05) is 24.0 Å². The van der Waals surface area contributed by atoms with Gasteiger partial charge in [-0.1, -0.05) is 12.2 Å². The second kappa shape index (κ2) is 8.17. The van der Waals surface area contributed by atoms with E-state index in [9.17, 15) is 14.4 Å². The third kappa shape index (κ3) is 3.05. The molecular weight excluding hydrogens is 532 g/mol. The van der Waals surface area contributed by atoms with E-state index in [0.717, 1.165) is 72.2 Å². The maximum atomic E-state index is 13.4. The Morgan fingerprint density at radius 2 is 1.36 bits per heavy atom. The summed E-state index contributed by atoms with van der Waals surface area (Å²) in [7, 11) is 0. The predicted molar refractivity (Wildman–Crippen MR) is 152 cm³/mol. The molecule has 2 saturated carbocycles. The topological polar surface area (TPSA) is 85.4 Å². The van der Waals surface area contributed by atoms with Gasteiger partial charge >= 0.3 is 5.97 Å². The molecule has 0 radical (unpaired) electrons. The lowest BCUT2D eigenvalue weighted by Gasteiger charge is -2.37. The number of benzene rings is 2. The van der Waals surface area contributed by atoms with Gasteiger partial charge in [0.2, 0.25) is 11.8 Å². The number of esters is 1. The molecule has 4 heterocycles. The van der Waals surface area contributed by atoms with Crippen LogP contribution < -0.4 is 19.3 Å². The number of rotatable bonds is 3. The van der Waals surface area contributed by atoms with Crippen LogP contribution in [-0.4, -0.2) is 42.1 Å². The Kier molecular flexibility index (Phi) is 4.62. The van der Waals surface area contributed by atoms with Crippen LogP contribution in [0.1, 0.15) is 75.0 Å². The highest BCUT2D eigenvalue weighted by atomic mass is 16.5. The van der Waals surface area contributed by atoms with E-state index in [1.165, 1.54) is 0 Å². The lowest BCUT2D eigenvalue weighted by molar-refractivity contribution is -0.148. The standard InChI is InChI=1S/C34H32N2O6/c37-29-10-17-5-7-25-32(17)35(29)23-12-21-19(14-27(23)40-25)20-15-28-24(36-30(38)11-18-6-8-26(41-28)33(18)36)13-22(20)34(21)42-31(39)9-16-3-1-2-4-16/h1,3,12-18,25-26,32-34H,2,4-11H2/t16?,17-,18-,25-,26-,32+,33+/m1/s1. The second-order valence-electron chi connectivity index (χ2n) is 13.6. The minimum absolute atomic E-state index is 0.0151. The first-order chi connectivity index (χ1) is 20.5. The quantitative estimate of drug-likeness (QED) is 0.376. The van der Waals surface area contributed by atoms with Gasteiger partial charge in [0.25, 0.3) is 0 Å². The molecule has 1 unspecified atom stereocenters. The van der Waals surface area contributed by atoms with E-state index in [0.29, 0.717) is 42.6 Å². The van der Waals surface area contributed by atoms with Crippen LogP contribution in [0.2, 0.25) is 0 Å². The first kappa shape index (κ1) is 23.7. The molecule has 8 nitrogen and oxygen atoms in total. The molecule has 0 aromatic heterocycles. The number of hydrogen-bond donors (Lipinski definition) is 0. The Hall–Kier alpha value is -3.81. The van der Waals surface area contributed by atoms with Crippen LogP contribution in [0.4, 0.5) is 11.4 Å². The highest BCUT2D eigenvalue weighted by Crippen LogP contribution is 2.58. The van der Waals surface area contributed by atoms with E-state index >= 15 is 0 Å². The summed E-state index contributed by atoms with van der Waals surface area (Å²) in [5.41, 5.74) is 5.17. The van der Waals surface area contributed by atoms with Crippen molar-refractivity contribution in [1.29, 1.82) is 0 Å². The van der Waals surface area contributed by atoms with Gasteiger partial charge in [-0.05, 0) is 91.7 Å². The average molecular weight is 565 g/mol. The summed E-state index contributed by atoms with van der Waals surface area (Å²) < 4.78 is 19.5. The monoisotopic (exact) mass is 564 g/mol. The van der Waals surface area contributed by atoms with E-state index in [-0.39, 0.29) is 48.0 Å². The largest absolute Gasteiger partial charge is 0.486 e. The first-order valence-electron chi connectivity index (χ1n) is 15.7. The van der Waals surface area contributed by atoms with Crippen LogP contribution in [0, 0.1) is 17.8 Å². The van der Waals surface area contributed by atoms with Gasteiger partial charge in [-0.25, -0.2) is 0 Å². The third-order valence-electron chi connectivity index (χ3n) is 11.4. The van der Waals surface area contributed by atoms with Crippen LogP contribution >= 0.6 is 0 Å². The van der Waals surface area contributed by atoms with Crippen molar-refractivity contribution in [1.82, 2.24) is 0 Å². The highest BCUT2D eigenvalue weighted by Gasteiger charge is 2.55. The zero-order valence-corrected chi connectivity index (χ0v) is 23.3. The summed E-state index contributed by atoms with van der Waals surface area (Å²) in [4.78, 5) is 43.8. The van der Waals surface area contributed by atoms with Crippen molar-refractivity contribution < 1.29 is 28.6 Å². The molecule has 4 fully saturated rings. The normalized spacial score (nSPS) is 34.0. The molecule has 2 aromatic carbocycles. The molecule has 8 aliphatic rings. The van der Waals surface area contributed by atoms with Gasteiger partial charge in [-0.3, -0.25) is 14.4 Å². The summed E-state index contributed by atoms with van der Waals surface area (Å²) in [5.74, 6) is 2.35. The molecule has 0 bridgehead atoms. The third-order valence-corrected chi connectivity index (χ3v) is 11.4. The summed E-state index contributed by atoms with van der Waals surface area (Å²) in [6.45, 7) is 0. The molecule has 42 heavy (non-hydrogen) atoms. The molecule has 2 amide bonds. The van der Waals surface area contributed by atoms with Crippen molar-refractivity contribution in [3.05, 3.63) is 47.5 Å². The zero-order chi connectivity index (χ0) is 27.9. The Bertz CT molecular complexity index is 1550. The number of carbonyl (C=O) groups excluding carboxylic acids is 3. The molecule has 10 rings (SSSR count). The van der Waals surface area contributed by atoms with Crippen LogP contribution in [-0.2, 0) is 19.1 Å². The number of hydrogen-bond acceptors (Lipinski definition) is 6. The predicted octanol–water partition coefficient (Wildman–Crippen LogP) is 5.21. The van der Waals surface area contributed by atoms with Crippen LogP contribution in [0.3, 0.4) is 0 Å². The van der Waals surface area contributed by atoms with Crippen LogP contribution in [0.25, 0.3) is 11.1 Å². The van der Waals surface area contributed by atoms with Crippen molar-refractivity contribution in [2.24, 2.45) is 17.8 Å². The first-order valence-corrected chi connectivity index (χ1v) is 15.7. The fraction of sp³-hybridized carbons (Fsp3) is 0.500. The number of amides is 2. The van der Waals surface area contributed by atoms with Crippen molar-refractivity contribution >= 4 is 29.2 Å². The van der Waals surface area contributed by atoms with Gasteiger partial charge in [0.05, 0.1) is 29.9 Å². The van der Waals surface area contributed by atoms with Crippen LogP contribution in [0.15, 0.2) is 36.4 Å². The van der Waals surface area contributed by atoms with E-state index in [4.69, 9.17) is 14.2 Å². The lowest BCUT2D eigenvalue weighted by atomic mass is 9.99. The Balaban J connectivity index is 1.11. The Morgan fingerprint density at radius 1 is 0.786 bits per heavy atom. The molecule has 0 spiro atoms. The highest BCUT2D eigenvalue weighted by molar-refractivity contribution is 6.02. The average Bonchev–Trinajstić information content (AvgIpc) is 3.82. The molecule has 4 aliphatic heterocycles. The molecule has 0 N–H and O–H groups in total. The van der Waals surface area contributed by atoms with Crippen molar-refractivity contribution in [3.63, 3.8) is 0 Å². The van der Waals surface area contributed by atoms with Gasteiger partial charge in [-0.2, -0.15) is 0 Å². The molecule has 214 valence electrons. The van der Waals surface area contributed by atoms with E-state index in [1.54, 1.807) is 0 Å². The van der Waals surface area contributed by atoms with E-state index in [2.05, 4.69) is 12.2 Å². The summed E-state index contributed by atoms with van der Waals surface area (Å²) in [6, 6.07) is 8.29. The molecule has 4 aliphatic carbocycles. The minimum Gasteiger partial charge on any atom is -0.486 e. The number of allylic oxidation sites excluding steroid dienone is 2. The maximum absolute atomic E-state index is 13.4. The van der Waals surface area contributed by atoms with Crippen molar-refractivity contribution in [2.45, 2.75) is 88.2 Å². The summed E-state index contributed by atoms with van der Waals surface area (Å²) in [5, 5.41) is 0. The second-order valence-corrected chi connectivity index (χ2v) is 13.6. The fourth-order valence-electron chi connectivity index (χ4n) is 9.59. The number of nitrogens with zero attached hydrogens (tertiary/aromatic N) is 2. The zero-order valence-electron chi connectivity index (χ0n) is 23.3. The van der Waals surface area contributed by atoms with Crippen molar-refractivity contribution in [3.8, 4) is 22.6 Å². The SMILES string of the molecule is O=C(CC1C=CCC1)OC1c2cc3c(cc2-c2cc4c(cc21)N1C(=O)C[C@H]2CC[C@@H](O4)[C@H]21)O[C@@H]1CC[C@@H]2CC(=O)N3[C@@H]21. The summed E-state index contributed by atoms with van der Waals surface area (Å²) in [6.07, 6.45) is 11.0. The molecule has 2 saturated heterocycles. The van der Waals surface area contributed by atoms with Crippen LogP contribution in [0.5, 0.6) is 11.5 Å². The maximum Gasteiger partial charge on any atom is 0.307 e. The summed E-state index contributed by atoms with van der Waals surface area (Å²) >= 11 is 0. The lowest BCUT2D eigenvalue weighted by Crippen LogP contribution is -2.46. The number of fused-ring (bicyclic) bond motifs is 7. The number of ether oxygens (including phenoxy) is 3. The van der Waals surface area contributed by atoms with Gasteiger partial charge in [0.15, 0.2) is 6.10 Å². The molecule has 2 aromatic rings. The minimum atomic E-state index is -0.631. The van der Waals surface area contributed by atoms with E-state index < -0.39 is 6.10 Å². The van der Waals surface area contributed by atoms with Gasteiger partial charge < -0.3 is 24.0 Å². The molecule has 7 atom stereocenters. The Labute approximate surface area is 243 Å². The number of carbonyl (C=O) groups is 3. The Morgan fingerprint density at radius 3 is 1.88 bits per heavy atom. The van der Waals surface area contributed by atoms with Gasteiger partial charge in [-0.15, -0.1) is 0 Å². The van der Waals surface area contributed by atoms with E-state index in [1.807, 2.05) is 34.1 Å². The molecule has 8 heteroatoms.